The number of aromatic nitrogens is 4. The van der Waals surface area contributed by atoms with E-state index in [0.29, 0.717) is 11.3 Å². The van der Waals surface area contributed by atoms with Gasteiger partial charge in [-0.05, 0) is 43.3 Å². The lowest BCUT2D eigenvalue weighted by Gasteiger charge is -2.09. The molecule has 0 radical (unpaired) electrons. The first-order valence-electron chi connectivity index (χ1n) is 7.83. The molecule has 0 aliphatic rings. The van der Waals surface area contributed by atoms with Crippen molar-refractivity contribution in [1.82, 2.24) is 19.7 Å². The molecule has 0 bridgehead atoms. The number of benzene rings is 2. The van der Waals surface area contributed by atoms with Crippen molar-refractivity contribution in [2.24, 2.45) is 0 Å². The fourth-order valence-corrected chi connectivity index (χ4v) is 2.73. The zero-order chi connectivity index (χ0) is 17.2. The summed E-state index contributed by atoms with van der Waals surface area (Å²) in [5.41, 5.74) is 3.83. The second kappa shape index (κ2) is 6.16. The molecule has 0 aliphatic carbocycles. The van der Waals surface area contributed by atoms with Gasteiger partial charge in [-0.25, -0.2) is 9.67 Å². The van der Waals surface area contributed by atoms with Gasteiger partial charge in [-0.2, -0.15) is 5.10 Å². The van der Waals surface area contributed by atoms with Gasteiger partial charge >= 0.3 is 0 Å². The summed E-state index contributed by atoms with van der Waals surface area (Å²) in [6.07, 6.45) is 3.10. The third-order valence-corrected chi connectivity index (χ3v) is 3.90. The standard InChI is InChI=1S/C19H15N5O/c1-13-10-17(16-4-2-3-5-18(16)22-13)19(25)23-14-6-8-15(9-7-14)24-12-20-11-21-24/h2-12H,1H3,(H,23,25). The van der Waals surface area contributed by atoms with Crippen molar-refractivity contribution in [2.45, 2.75) is 6.92 Å². The minimum absolute atomic E-state index is 0.157. The van der Waals surface area contributed by atoms with E-state index in [-0.39, 0.29) is 5.91 Å². The minimum Gasteiger partial charge on any atom is -0.322 e. The van der Waals surface area contributed by atoms with E-state index >= 15 is 0 Å². The van der Waals surface area contributed by atoms with Gasteiger partial charge in [0.2, 0.25) is 0 Å². The molecular weight excluding hydrogens is 314 g/mol. The number of aryl methyl sites for hydroxylation is 1. The highest BCUT2D eigenvalue weighted by molar-refractivity contribution is 6.12. The Hall–Kier alpha value is -3.54. The monoisotopic (exact) mass is 329 g/mol. The van der Waals surface area contributed by atoms with Crippen molar-refractivity contribution in [1.29, 1.82) is 0 Å². The van der Waals surface area contributed by atoms with E-state index in [2.05, 4.69) is 20.4 Å². The summed E-state index contributed by atoms with van der Waals surface area (Å²) >= 11 is 0. The maximum atomic E-state index is 12.7. The molecule has 0 saturated carbocycles. The first kappa shape index (κ1) is 15.0. The summed E-state index contributed by atoms with van der Waals surface area (Å²) in [6.45, 7) is 1.89. The first-order chi connectivity index (χ1) is 12.2. The summed E-state index contributed by atoms with van der Waals surface area (Å²) in [7, 11) is 0. The Labute approximate surface area is 144 Å². The maximum absolute atomic E-state index is 12.7. The molecule has 6 heteroatoms. The minimum atomic E-state index is -0.157. The molecule has 25 heavy (non-hydrogen) atoms. The number of fused-ring (bicyclic) bond motifs is 1. The lowest BCUT2D eigenvalue weighted by molar-refractivity contribution is 0.102. The van der Waals surface area contributed by atoms with Crippen LogP contribution >= 0.6 is 0 Å². The Bertz CT molecular complexity index is 1040. The van der Waals surface area contributed by atoms with Gasteiger partial charge in [-0.3, -0.25) is 9.78 Å². The Kier molecular flexibility index (Phi) is 3.70. The Balaban J connectivity index is 1.62. The molecule has 0 spiro atoms. The number of para-hydroxylation sites is 1. The molecule has 2 aromatic heterocycles. The number of anilines is 1. The van der Waals surface area contributed by atoms with Gasteiger partial charge in [0, 0.05) is 16.8 Å². The number of hydrogen-bond donors (Lipinski definition) is 1. The molecule has 0 atom stereocenters. The molecule has 0 fully saturated rings. The van der Waals surface area contributed by atoms with E-state index in [1.165, 1.54) is 6.33 Å². The molecule has 4 rings (SSSR count). The summed E-state index contributed by atoms with van der Waals surface area (Å²) in [6, 6.07) is 16.9. The van der Waals surface area contributed by atoms with Crippen molar-refractivity contribution in [3.8, 4) is 5.69 Å². The van der Waals surface area contributed by atoms with E-state index in [9.17, 15) is 4.79 Å². The topological polar surface area (TPSA) is 72.7 Å². The van der Waals surface area contributed by atoms with Crippen molar-refractivity contribution >= 4 is 22.5 Å². The molecule has 1 amide bonds. The predicted octanol–water partition coefficient (Wildman–Crippen LogP) is 3.38. The van der Waals surface area contributed by atoms with Crippen LogP contribution in [0.4, 0.5) is 5.69 Å². The zero-order valence-corrected chi connectivity index (χ0v) is 13.5. The van der Waals surface area contributed by atoms with Gasteiger partial charge in [0.25, 0.3) is 5.91 Å². The van der Waals surface area contributed by atoms with E-state index in [0.717, 1.165) is 22.3 Å². The number of carbonyl (C=O) groups excluding carboxylic acids is 1. The predicted molar refractivity (Wildman–Crippen MR) is 95.8 cm³/mol. The molecule has 2 heterocycles. The smallest absolute Gasteiger partial charge is 0.256 e. The van der Waals surface area contributed by atoms with Crippen molar-refractivity contribution < 1.29 is 4.79 Å². The van der Waals surface area contributed by atoms with Crippen molar-refractivity contribution in [3.63, 3.8) is 0 Å². The quantitative estimate of drug-likeness (QED) is 0.625. The second-order valence-electron chi connectivity index (χ2n) is 5.67. The van der Waals surface area contributed by atoms with Gasteiger partial charge in [-0.1, -0.05) is 18.2 Å². The van der Waals surface area contributed by atoms with E-state index in [4.69, 9.17) is 0 Å². The van der Waals surface area contributed by atoms with Gasteiger partial charge < -0.3 is 5.32 Å². The Morgan fingerprint density at radius 3 is 2.64 bits per heavy atom. The van der Waals surface area contributed by atoms with Crippen LogP contribution in [0.1, 0.15) is 16.1 Å². The molecule has 122 valence electrons. The van der Waals surface area contributed by atoms with Crippen molar-refractivity contribution in [2.75, 3.05) is 5.32 Å². The lowest BCUT2D eigenvalue weighted by atomic mass is 10.1. The number of pyridine rings is 1. The van der Waals surface area contributed by atoms with Crippen LogP contribution in [-0.4, -0.2) is 25.7 Å². The highest BCUT2D eigenvalue weighted by Gasteiger charge is 2.12. The van der Waals surface area contributed by atoms with Crippen LogP contribution in [0.15, 0.2) is 67.3 Å². The molecule has 0 saturated heterocycles. The molecule has 6 nitrogen and oxygen atoms in total. The average Bonchev–Trinajstić information content (AvgIpc) is 3.16. The molecule has 0 unspecified atom stereocenters. The number of nitrogens with one attached hydrogen (secondary N) is 1. The lowest BCUT2D eigenvalue weighted by Crippen LogP contribution is -2.13. The summed E-state index contributed by atoms with van der Waals surface area (Å²) < 4.78 is 1.66. The number of rotatable bonds is 3. The fourth-order valence-electron chi connectivity index (χ4n) is 2.73. The molecular formula is C19H15N5O. The molecule has 1 N–H and O–H groups in total. The Morgan fingerprint density at radius 1 is 1.08 bits per heavy atom. The second-order valence-corrected chi connectivity index (χ2v) is 5.67. The largest absolute Gasteiger partial charge is 0.322 e. The van der Waals surface area contributed by atoms with Crippen LogP contribution in [-0.2, 0) is 0 Å². The summed E-state index contributed by atoms with van der Waals surface area (Å²) in [4.78, 5) is 21.1. The SMILES string of the molecule is Cc1cc(C(=O)Nc2ccc(-n3cncn3)cc2)c2ccccc2n1. The van der Waals surface area contributed by atoms with E-state index in [1.54, 1.807) is 17.1 Å². The normalized spacial score (nSPS) is 10.8. The van der Waals surface area contributed by atoms with E-state index in [1.807, 2.05) is 55.5 Å². The van der Waals surface area contributed by atoms with Crippen LogP contribution in [0.5, 0.6) is 0 Å². The maximum Gasteiger partial charge on any atom is 0.256 e. The highest BCUT2D eigenvalue weighted by atomic mass is 16.1. The van der Waals surface area contributed by atoms with Crippen LogP contribution in [0.25, 0.3) is 16.6 Å². The van der Waals surface area contributed by atoms with E-state index < -0.39 is 0 Å². The van der Waals surface area contributed by atoms with Crippen molar-refractivity contribution in [3.05, 3.63) is 78.5 Å². The third-order valence-electron chi connectivity index (χ3n) is 3.90. The molecule has 0 aliphatic heterocycles. The Morgan fingerprint density at radius 2 is 1.88 bits per heavy atom. The highest BCUT2D eigenvalue weighted by Crippen LogP contribution is 2.20. The number of amides is 1. The fraction of sp³-hybridized carbons (Fsp3) is 0.0526. The first-order valence-corrected chi connectivity index (χ1v) is 7.83. The molecule has 4 aromatic rings. The molecule has 2 aromatic carbocycles. The van der Waals surface area contributed by atoms with Gasteiger partial charge in [0.05, 0.1) is 16.8 Å². The number of hydrogen-bond acceptors (Lipinski definition) is 4. The average molecular weight is 329 g/mol. The van der Waals surface area contributed by atoms with Crippen LogP contribution in [0, 0.1) is 6.92 Å². The number of nitrogens with zero attached hydrogens (tertiary/aromatic N) is 4. The van der Waals surface area contributed by atoms with Crippen LogP contribution < -0.4 is 5.32 Å². The van der Waals surface area contributed by atoms with Gasteiger partial charge in [-0.15, -0.1) is 0 Å². The number of carbonyl (C=O) groups is 1. The van der Waals surface area contributed by atoms with Crippen LogP contribution in [0.3, 0.4) is 0 Å². The summed E-state index contributed by atoms with van der Waals surface area (Å²) in [5.74, 6) is -0.157. The van der Waals surface area contributed by atoms with Gasteiger partial charge in [0.15, 0.2) is 0 Å². The third kappa shape index (κ3) is 2.97. The van der Waals surface area contributed by atoms with Crippen LogP contribution in [0.2, 0.25) is 0 Å². The zero-order valence-electron chi connectivity index (χ0n) is 13.5. The summed E-state index contributed by atoms with van der Waals surface area (Å²) in [5, 5.41) is 7.86. The van der Waals surface area contributed by atoms with Gasteiger partial charge in [0.1, 0.15) is 12.7 Å².